The molecule has 1 heterocycles. The molecule has 0 aliphatic rings. The van der Waals surface area contributed by atoms with Crippen LogP contribution in [0, 0.1) is 5.41 Å². The summed E-state index contributed by atoms with van der Waals surface area (Å²) in [7, 11) is 0. The molecule has 0 saturated heterocycles. The van der Waals surface area contributed by atoms with Gasteiger partial charge < -0.3 is 10.8 Å². The molecule has 98 valence electrons. The van der Waals surface area contributed by atoms with E-state index in [1.165, 1.54) is 0 Å². The summed E-state index contributed by atoms with van der Waals surface area (Å²) in [5, 5.41) is 15.5. The lowest BCUT2D eigenvalue weighted by Crippen LogP contribution is -2.48. The molecular weight excluding hydrogens is 238 g/mol. The molecule has 17 heavy (non-hydrogen) atoms. The molecule has 0 aliphatic carbocycles. The molecule has 3 N–H and O–H groups in total. The minimum absolute atomic E-state index is 0.117. The summed E-state index contributed by atoms with van der Waals surface area (Å²) in [6, 6.07) is 0. The van der Waals surface area contributed by atoms with Crippen LogP contribution in [0.4, 0.5) is 0 Å². The molecule has 1 unspecified atom stereocenters. The molecular formula is C12H22ClN3O. The van der Waals surface area contributed by atoms with Crippen molar-refractivity contribution in [2.24, 2.45) is 11.1 Å². The van der Waals surface area contributed by atoms with E-state index < -0.39 is 11.0 Å². The van der Waals surface area contributed by atoms with Gasteiger partial charge in [-0.2, -0.15) is 5.10 Å². The van der Waals surface area contributed by atoms with Gasteiger partial charge in [0, 0.05) is 13.1 Å². The van der Waals surface area contributed by atoms with E-state index in [-0.39, 0.29) is 6.54 Å². The average Bonchev–Trinajstić information content (AvgIpc) is 2.58. The molecule has 1 atom stereocenters. The summed E-state index contributed by atoms with van der Waals surface area (Å²) in [5.41, 5.74) is 4.81. The average molecular weight is 260 g/mol. The van der Waals surface area contributed by atoms with Crippen LogP contribution in [0.25, 0.3) is 0 Å². The van der Waals surface area contributed by atoms with E-state index in [1.54, 1.807) is 10.9 Å². The smallest absolute Gasteiger partial charge is 0.125 e. The van der Waals surface area contributed by atoms with Crippen LogP contribution in [0.3, 0.4) is 0 Å². The Balaban J connectivity index is 3.33. The van der Waals surface area contributed by atoms with Crippen molar-refractivity contribution in [2.75, 3.05) is 6.54 Å². The third kappa shape index (κ3) is 2.49. The molecule has 1 aromatic rings. The van der Waals surface area contributed by atoms with E-state index in [1.807, 2.05) is 20.8 Å². The summed E-state index contributed by atoms with van der Waals surface area (Å²) in [5.74, 6) is 0. The highest BCUT2D eigenvalue weighted by Crippen LogP contribution is 2.41. The number of aryl methyl sites for hydroxylation is 1. The first-order valence-corrected chi connectivity index (χ1v) is 6.30. The monoisotopic (exact) mass is 259 g/mol. The number of rotatable bonds is 4. The lowest BCUT2D eigenvalue weighted by atomic mass is 9.74. The van der Waals surface area contributed by atoms with Gasteiger partial charge in [-0.05, 0) is 11.8 Å². The standard InChI is InChI=1S/C12H22ClN3O/c1-5-6-16-10(9(13)7-15-16)12(17,8-14)11(2,3)4/h7,17H,5-6,8,14H2,1-4H3. The van der Waals surface area contributed by atoms with Crippen LogP contribution < -0.4 is 5.73 Å². The first-order valence-electron chi connectivity index (χ1n) is 5.92. The van der Waals surface area contributed by atoms with Gasteiger partial charge in [0.1, 0.15) is 5.60 Å². The van der Waals surface area contributed by atoms with Crippen molar-refractivity contribution >= 4 is 11.6 Å². The van der Waals surface area contributed by atoms with E-state index in [0.717, 1.165) is 13.0 Å². The Labute approximate surface area is 108 Å². The topological polar surface area (TPSA) is 64.1 Å². The lowest BCUT2D eigenvalue weighted by Gasteiger charge is -2.39. The fraction of sp³-hybridized carbons (Fsp3) is 0.750. The van der Waals surface area contributed by atoms with Crippen molar-refractivity contribution in [3.63, 3.8) is 0 Å². The first kappa shape index (κ1) is 14.5. The zero-order valence-corrected chi connectivity index (χ0v) is 11.8. The number of aromatic nitrogens is 2. The molecule has 1 rings (SSSR count). The maximum atomic E-state index is 10.8. The normalized spacial score (nSPS) is 15.9. The maximum Gasteiger partial charge on any atom is 0.125 e. The van der Waals surface area contributed by atoms with Gasteiger partial charge in [0.25, 0.3) is 0 Å². The quantitative estimate of drug-likeness (QED) is 0.871. The summed E-state index contributed by atoms with van der Waals surface area (Å²) >= 11 is 6.15. The molecule has 0 fully saturated rings. The van der Waals surface area contributed by atoms with Gasteiger partial charge in [0.2, 0.25) is 0 Å². The van der Waals surface area contributed by atoms with E-state index in [9.17, 15) is 5.11 Å². The number of nitrogens with zero attached hydrogens (tertiary/aromatic N) is 2. The molecule has 0 bridgehead atoms. The van der Waals surface area contributed by atoms with Crippen molar-refractivity contribution in [3.8, 4) is 0 Å². The van der Waals surface area contributed by atoms with Gasteiger partial charge in [0.15, 0.2) is 0 Å². The predicted octanol–water partition coefficient (Wildman–Crippen LogP) is 2.14. The second-order valence-electron chi connectivity index (χ2n) is 5.38. The molecule has 0 aromatic carbocycles. The third-order valence-corrected chi connectivity index (χ3v) is 3.43. The van der Waals surface area contributed by atoms with Crippen LogP contribution in [0.2, 0.25) is 5.02 Å². The fourth-order valence-corrected chi connectivity index (χ4v) is 2.21. The molecule has 0 aliphatic heterocycles. The Bertz CT molecular complexity index is 384. The second-order valence-corrected chi connectivity index (χ2v) is 5.79. The number of halogens is 1. The Hall–Kier alpha value is -0.580. The number of nitrogens with two attached hydrogens (primary N) is 1. The van der Waals surface area contributed by atoms with Gasteiger partial charge in [-0.25, -0.2) is 0 Å². The van der Waals surface area contributed by atoms with E-state index in [4.69, 9.17) is 17.3 Å². The van der Waals surface area contributed by atoms with Gasteiger partial charge >= 0.3 is 0 Å². The van der Waals surface area contributed by atoms with Crippen molar-refractivity contribution < 1.29 is 5.11 Å². The first-order chi connectivity index (χ1) is 7.78. The van der Waals surface area contributed by atoms with Gasteiger partial charge in [-0.1, -0.05) is 39.3 Å². The molecule has 4 nitrogen and oxygen atoms in total. The minimum Gasteiger partial charge on any atom is -0.382 e. The van der Waals surface area contributed by atoms with Crippen molar-refractivity contribution in [3.05, 3.63) is 16.9 Å². The molecule has 1 aromatic heterocycles. The molecule has 0 radical (unpaired) electrons. The zero-order valence-electron chi connectivity index (χ0n) is 11.0. The van der Waals surface area contributed by atoms with Crippen LogP contribution in [0.1, 0.15) is 39.8 Å². The van der Waals surface area contributed by atoms with Crippen molar-refractivity contribution in [1.29, 1.82) is 0 Å². The van der Waals surface area contributed by atoms with Crippen LogP contribution in [-0.4, -0.2) is 21.4 Å². The SMILES string of the molecule is CCCn1ncc(Cl)c1C(O)(CN)C(C)(C)C. The zero-order chi connectivity index (χ0) is 13.3. The van der Waals surface area contributed by atoms with Gasteiger partial charge in [-0.15, -0.1) is 0 Å². The highest BCUT2D eigenvalue weighted by atomic mass is 35.5. The van der Waals surface area contributed by atoms with E-state index in [2.05, 4.69) is 12.0 Å². The summed E-state index contributed by atoms with van der Waals surface area (Å²) in [6.45, 7) is 8.72. The van der Waals surface area contributed by atoms with Gasteiger partial charge in [0.05, 0.1) is 16.9 Å². The Kier molecular flexibility index (Phi) is 4.23. The second kappa shape index (κ2) is 4.96. The van der Waals surface area contributed by atoms with Crippen LogP contribution in [-0.2, 0) is 12.1 Å². The number of aliphatic hydroxyl groups is 1. The van der Waals surface area contributed by atoms with Gasteiger partial charge in [-0.3, -0.25) is 4.68 Å². The maximum absolute atomic E-state index is 10.8. The van der Waals surface area contributed by atoms with Crippen molar-refractivity contribution in [1.82, 2.24) is 9.78 Å². The third-order valence-electron chi connectivity index (χ3n) is 3.16. The van der Waals surface area contributed by atoms with E-state index in [0.29, 0.717) is 10.7 Å². The largest absolute Gasteiger partial charge is 0.382 e. The Morgan fingerprint density at radius 2 is 2.06 bits per heavy atom. The highest BCUT2D eigenvalue weighted by molar-refractivity contribution is 6.31. The van der Waals surface area contributed by atoms with Crippen molar-refractivity contribution in [2.45, 2.75) is 46.3 Å². The molecule has 0 saturated carbocycles. The molecule has 5 heteroatoms. The van der Waals surface area contributed by atoms with Crippen LogP contribution >= 0.6 is 11.6 Å². The molecule has 0 spiro atoms. The Morgan fingerprint density at radius 3 is 2.47 bits per heavy atom. The number of hydrogen-bond acceptors (Lipinski definition) is 3. The summed E-state index contributed by atoms with van der Waals surface area (Å²) in [4.78, 5) is 0. The number of hydrogen-bond donors (Lipinski definition) is 2. The predicted molar refractivity (Wildman–Crippen MR) is 69.9 cm³/mol. The molecule has 0 amide bonds. The Morgan fingerprint density at radius 1 is 1.47 bits per heavy atom. The van der Waals surface area contributed by atoms with E-state index >= 15 is 0 Å². The van der Waals surface area contributed by atoms with Crippen LogP contribution in [0.5, 0.6) is 0 Å². The summed E-state index contributed by atoms with van der Waals surface area (Å²) in [6.07, 6.45) is 2.49. The summed E-state index contributed by atoms with van der Waals surface area (Å²) < 4.78 is 1.75. The minimum atomic E-state index is -1.17. The highest BCUT2D eigenvalue weighted by Gasteiger charge is 2.44. The lowest BCUT2D eigenvalue weighted by molar-refractivity contribution is -0.0626. The van der Waals surface area contributed by atoms with Crippen LogP contribution in [0.15, 0.2) is 6.20 Å². The fourth-order valence-electron chi connectivity index (χ4n) is 1.91.